The van der Waals surface area contributed by atoms with Gasteiger partial charge in [-0.15, -0.1) is 11.8 Å². The molecular formula is C24H23Cl2N5OS. The average molecular weight is 500 g/mol. The number of thioether (sulfide) groups is 1. The van der Waals surface area contributed by atoms with Gasteiger partial charge in [0.25, 0.3) is 5.91 Å². The molecule has 1 amide bonds. The van der Waals surface area contributed by atoms with Crippen molar-refractivity contribution >= 4 is 40.9 Å². The molecule has 9 heteroatoms. The molecule has 0 spiro atoms. The fraction of sp³-hybridized carbons (Fsp3) is 0.208. The quantitative estimate of drug-likeness (QED) is 0.309. The summed E-state index contributed by atoms with van der Waals surface area (Å²) in [6.07, 6.45) is 1.59. The highest BCUT2D eigenvalue weighted by Gasteiger charge is 2.21. The minimum Gasteiger partial charge on any atom is -0.365 e. The number of nitrogens with two attached hydrogens (primary N) is 1. The molecule has 0 aliphatic rings. The molecule has 0 saturated carbocycles. The van der Waals surface area contributed by atoms with Crippen LogP contribution in [0.25, 0.3) is 0 Å². The number of H-pyrrole nitrogens is 1. The standard InChI is InChI=1S/C24H23Cl2N5OS/c1-31-23(26)18(21(30-31)14-33-17-8-3-2-4-9-17)10-11-19-22(24(27)32)20(29-28-19)13-15-6-5-7-16(25)12-15/h2-9,12H,10-11,13-14H2,1H3,(H2,27,32)(H,28,29). The fourth-order valence-corrected chi connectivity index (χ4v) is 5.09. The molecule has 4 aromatic rings. The molecule has 0 bridgehead atoms. The van der Waals surface area contributed by atoms with Gasteiger partial charge < -0.3 is 5.73 Å². The van der Waals surface area contributed by atoms with E-state index < -0.39 is 5.91 Å². The molecule has 0 saturated heterocycles. The first-order chi connectivity index (χ1) is 15.9. The number of halogens is 2. The van der Waals surface area contributed by atoms with Gasteiger partial charge in [0.05, 0.1) is 22.6 Å². The van der Waals surface area contributed by atoms with E-state index in [1.807, 2.05) is 49.5 Å². The van der Waals surface area contributed by atoms with E-state index in [2.05, 4.69) is 27.4 Å². The zero-order chi connectivity index (χ0) is 23.4. The molecule has 0 aliphatic heterocycles. The van der Waals surface area contributed by atoms with Crippen molar-refractivity contribution < 1.29 is 4.79 Å². The smallest absolute Gasteiger partial charge is 0.252 e. The Kier molecular flexibility index (Phi) is 7.42. The van der Waals surface area contributed by atoms with Crippen LogP contribution in [0.5, 0.6) is 0 Å². The van der Waals surface area contributed by atoms with Crippen LogP contribution in [-0.4, -0.2) is 25.9 Å². The van der Waals surface area contributed by atoms with E-state index in [4.69, 9.17) is 28.9 Å². The van der Waals surface area contributed by atoms with Gasteiger partial charge >= 0.3 is 0 Å². The first-order valence-electron chi connectivity index (χ1n) is 10.4. The molecule has 6 nitrogen and oxygen atoms in total. The highest BCUT2D eigenvalue weighted by molar-refractivity contribution is 7.98. The van der Waals surface area contributed by atoms with E-state index >= 15 is 0 Å². The van der Waals surface area contributed by atoms with Crippen LogP contribution >= 0.6 is 35.0 Å². The molecule has 0 atom stereocenters. The number of nitrogens with zero attached hydrogens (tertiary/aromatic N) is 3. The van der Waals surface area contributed by atoms with Crippen molar-refractivity contribution in [2.24, 2.45) is 12.8 Å². The Labute approximate surface area is 206 Å². The minimum absolute atomic E-state index is 0.426. The van der Waals surface area contributed by atoms with Crippen LogP contribution in [-0.2, 0) is 32.1 Å². The summed E-state index contributed by atoms with van der Waals surface area (Å²) in [7, 11) is 1.83. The number of amides is 1. The van der Waals surface area contributed by atoms with E-state index in [1.54, 1.807) is 16.4 Å². The van der Waals surface area contributed by atoms with Crippen LogP contribution in [0.2, 0.25) is 10.2 Å². The lowest BCUT2D eigenvalue weighted by atomic mass is 10.0. The van der Waals surface area contributed by atoms with Crippen LogP contribution in [0.1, 0.15) is 38.6 Å². The van der Waals surface area contributed by atoms with E-state index in [-0.39, 0.29) is 0 Å². The highest BCUT2D eigenvalue weighted by Crippen LogP contribution is 2.28. The number of primary amides is 1. The summed E-state index contributed by atoms with van der Waals surface area (Å²) >= 11 is 14.3. The molecule has 2 aromatic heterocycles. The van der Waals surface area contributed by atoms with Crippen LogP contribution in [0, 0.1) is 0 Å². The maximum absolute atomic E-state index is 12.3. The van der Waals surface area contributed by atoms with Crippen molar-refractivity contribution in [3.8, 4) is 0 Å². The molecular weight excluding hydrogens is 477 g/mol. The number of carbonyl (C=O) groups excluding carboxylic acids is 1. The Morgan fingerprint density at radius 1 is 1.09 bits per heavy atom. The van der Waals surface area contributed by atoms with Crippen LogP contribution in [0.3, 0.4) is 0 Å². The van der Waals surface area contributed by atoms with Crippen LogP contribution < -0.4 is 5.73 Å². The van der Waals surface area contributed by atoms with E-state index in [1.165, 1.54) is 4.90 Å². The third kappa shape index (κ3) is 5.61. The van der Waals surface area contributed by atoms with Gasteiger partial charge in [-0.2, -0.15) is 10.2 Å². The Bertz CT molecular complexity index is 1270. The number of hydrogen-bond donors (Lipinski definition) is 2. The molecule has 2 aromatic carbocycles. The predicted molar refractivity (Wildman–Crippen MR) is 133 cm³/mol. The van der Waals surface area contributed by atoms with Gasteiger partial charge in [-0.3, -0.25) is 14.6 Å². The molecule has 4 rings (SSSR count). The van der Waals surface area contributed by atoms with Crippen molar-refractivity contribution in [2.45, 2.75) is 29.9 Å². The minimum atomic E-state index is -0.507. The third-order valence-electron chi connectivity index (χ3n) is 5.32. The Balaban J connectivity index is 1.52. The first kappa shape index (κ1) is 23.4. The summed E-state index contributed by atoms with van der Waals surface area (Å²) in [4.78, 5) is 13.4. The molecule has 0 fully saturated rings. The molecule has 2 heterocycles. The second kappa shape index (κ2) is 10.5. The normalized spacial score (nSPS) is 11.1. The van der Waals surface area contributed by atoms with Crippen molar-refractivity contribution in [1.29, 1.82) is 0 Å². The largest absolute Gasteiger partial charge is 0.365 e. The average Bonchev–Trinajstić information content (AvgIpc) is 3.31. The zero-order valence-electron chi connectivity index (χ0n) is 18.0. The summed E-state index contributed by atoms with van der Waals surface area (Å²) in [6, 6.07) is 17.6. The Morgan fingerprint density at radius 3 is 2.61 bits per heavy atom. The second-order valence-corrected chi connectivity index (χ2v) is 9.48. The van der Waals surface area contributed by atoms with Crippen LogP contribution in [0.15, 0.2) is 59.5 Å². The summed E-state index contributed by atoms with van der Waals surface area (Å²) in [5, 5.41) is 13.2. The summed E-state index contributed by atoms with van der Waals surface area (Å²) in [5.74, 6) is 0.191. The molecule has 0 aliphatic carbocycles. The number of aromatic amines is 1. The van der Waals surface area contributed by atoms with E-state index in [0.29, 0.717) is 52.1 Å². The van der Waals surface area contributed by atoms with E-state index in [9.17, 15) is 4.79 Å². The van der Waals surface area contributed by atoms with E-state index in [0.717, 1.165) is 16.8 Å². The number of nitrogens with one attached hydrogen (secondary N) is 1. The van der Waals surface area contributed by atoms with Gasteiger partial charge in [-0.1, -0.05) is 53.5 Å². The van der Waals surface area contributed by atoms with Gasteiger partial charge in [-0.25, -0.2) is 0 Å². The SMILES string of the molecule is Cn1nc(CSc2ccccc2)c(CCc2n[nH]c(Cc3cccc(Cl)c3)c2C(N)=O)c1Cl. The second-order valence-electron chi connectivity index (χ2n) is 7.64. The predicted octanol–water partition coefficient (Wildman–Crippen LogP) is 5.22. The van der Waals surface area contributed by atoms with Gasteiger partial charge in [0, 0.05) is 34.7 Å². The summed E-state index contributed by atoms with van der Waals surface area (Å²) in [5.41, 5.74) is 10.3. The highest BCUT2D eigenvalue weighted by atomic mass is 35.5. The number of aromatic nitrogens is 4. The fourth-order valence-electron chi connectivity index (χ4n) is 3.75. The molecule has 3 N–H and O–H groups in total. The number of hydrogen-bond acceptors (Lipinski definition) is 4. The van der Waals surface area contributed by atoms with Gasteiger partial charge in [0.15, 0.2) is 0 Å². The molecule has 0 unspecified atom stereocenters. The molecule has 170 valence electrons. The van der Waals surface area contributed by atoms with Crippen molar-refractivity contribution in [1.82, 2.24) is 20.0 Å². The first-order valence-corrected chi connectivity index (χ1v) is 12.1. The summed E-state index contributed by atoms with van der Waals surface area (Å²) < 4.78 is 1.68. The van der Waals surface area contributed by atoms with Crippen molar-refractivity contribution in [3.63, 3.8) is 0 Å². The number of aryl methyl sites for hydroxylation is 2. The zero-order valence-corrected chi connectivity index (χ0v) is 20.3. The lowest BCUT2D eigenvalue weighted by Gasteiger charge is -2.05. The Hall–Kier alpha value is -2.74. The lowest BCUT2D eigenvalue weighted by molar-refractivity contribution is 0.0998. The maximum atomic E-state index is 12.3. The third-order valence-corrected chi connectivity index (χ3v) is 7.05. The maximum Gasteiger partial charge on any atom is 0.252 e. The van der Waals surface area contributed by atoms with Gasteiger partial charge in [-0.05, 0) is 42.7 Å². The molecule has 33 heavy (non-hydrogen) atoms. The lowest BCUT2D eigenvalue weighted by Crippen LogP contribution is -2.15. The number of carbonyl (C=O) groups is 1. The molecule has 0 radical (unpaired) electrons. The van der Waals surface area contributed by atoms with Crippen LogP contribution in [0.4, 0.5) is 0 Å². The van der Waals surface area contributed by atoms with Crippen molar-refractivity contribution in [2.75, 3.05) is 0 Å². The van der Waals surface area contributed by atoms with Crippen molar-refractivity contribution in [3.05, 3.63) is 98.5 Å². The number of benzene rings is 2. The summed E-state index contributed by atoms with van der Waals surface area (Å²) in [6.45, 7) is 0. The van der Waals surface area contributed by atoms with Gasteiger partial charge in [0.2, 0.25) is 0 Å². The Morgan fingerprint density at radius 2 is 1.88 bits per heavy atom. The monoisotopic (exact) mass is 499 g/mol. The number of rotatable bonds is 9. The topological polar surface area (TPSA) is 89.6 Å². The van der Waals surface area contributed by atoms with Gasteiger partial charge in [0.1, 0.15) is 5.15 Å².